The molecule has 128 valence electrons. The Kier molecular flexibility index (Phi) is 6.08. The molecule has 24 heavy (non-hydrogen) atoms. The van der Waals surface area contributed by atoms with Gasteiger partial charge in [-0.05, 0) is 42.8 Å². The third-order valence-electron chi connectivity index (χ3n) is 3.64. The average molecular weight is 347 g/mol. The second-order valence-electron chi connectivity index (χ2n) is 5.40. The van der Waals surface area contributed by atoms with Crippen LogP contribution in [0.15, 0.2) is 59.5 Å². The molecule has 0 radical (unpaired) electrons. The van der Waals surface area contributed by atoms with Gasteiger partial charge in [0.2, 0.25) is 15.9 Å². The fourth-order valence-corrected chi connectivity index (χ4v) is 2.70. The highest BCUT2D eigenvalue weighted by Gasteiger charge is 2.10. The minimum absolute atomic E-state index is 0.0224. The van der Waals surface area contributed by atoms with E-state index in [1.54, 1.807) is 24.1 Å². The van der Waals surface area contributed by atoms with E-state index in [-0.39, 0.29) is 17.3 Å². The van der Waals surface area contributed by atoms with Gasteiger partial charge in [0.05, 0.1) is 11.4 Å². The van der Waals surface area contributed by atoms with Crippen LogP contribution in [0.5, 0.6) is 0 Å². The maximum atomic E-state index is 12.1. The summed E-state index contributed by atoms with van der Waals surface area (Å²) in [7, 11) is -1.92. The minimum atomic E-state index is -3.66. The molecule has 0 fully saturated rings. The second-order valence-corrected chi connectivity index (χ2v) is 6.97. The van der Waals surface area contributed by atoms with Gasteiger partial charge in [-0.3, -0.25) is 4.79 Å². The third-order valence-corrected chi connectivity index (χ3v) is 4.57. The second kappa shape index (κ2) is 8.05. The zero-order chi connectivity index (χ0) is 17.6. The number of nitrogens with one attached hydrogen (secondary N) is 1. The Hall–Kier alpha value is -2.22. The van der Waals surface area contributed by atoms with Crippen molar-refractivity contribution in [3.63, 3.8) is 0 Å². The quantitative estimate of drug-likeness (QED) is 0.734. The molecule has 6 nitrogen and oxygen atoms in total. The Balaban J connectivity index is 1.77. The van der Waals surface area contributed by atoms with Crippen molar-refractivity contribution in [2.24, 2.45) is 5.14 Å². The molecule has 7 heteroatoms. The number of nitrogens with zero attached hydrogens (tertiary/aromatic N) is 1. The molecule has 0 aliphatic carbocycles. The van der Waals surface area contributed by atoms with Gasteiger partial charge in [-0.15, -0.1) is 0 Å². The summed E-state index contributed by atoms with van der Waals surface area (Å²) in [5, 5.41) is 8.15. The number of para-hydroxylation sites is 1. The molecule has 2 aromatic carbocycles. The van der Waals surface area contributed by atoms with E-state index in [4.69, 9.17) is 5.14 Å². The molecule has 0 unspecified atom stereocenters. The lowest BCUT2D eigenvalue weighted by molar-refractivity contribution is -0.117. The summed E-state index contributed by atoms with van der Waals surface area (Å²) in [4.78, 5) is 13.8. The predicted molar refractivity (Wildman–Crippen MR) is 94.2 cm³/mol. The average Bonchev–Trinajstić information content (AvgIpc) is 2.58. The molecule has 2 rings (SSSR count). The van der Waals surface area contributed by atoms with Crippen molar-refractivity contribution < 1.29 is 13.2 Å². The van der Waals surface area contributed by atoms with E-state index >= 15 is 0 Å². The molecular formula is C17H21N3O3S. The molecule has 0 aromatic heterocycles. The van der Waals surface area contributed by atoms with Crippen LogP contribution in [0.1, 0.15) is 5.56 Å². The molecule has 0 bridgehead atoms. The summed E-state index contributed by atoms with van der Waals surface area (Å²) < 4.78 is 22.4. The highest BCUT2D eigenvalue weighted by molar-refractivity contribution is 7.89. The van der Waals surface area contributed by atoms with E-state index < -0.39 is 10.0 Å². The number of sulfonamides is 1. The van der Waals surface area contributed by atoms with Crippen molar-refractivity contribution in [2.45, 2.75) is 11.3 Å². The lowest BCUT2D eigenvalue weighted by Crippen LogP contribution is -2.36. The first-order chi connectivity index (χ1) is 11.4. The largest absolute Gasteiger partial charge is 0.314 e. The number of nitrogens with two attached hydrogens (primary N) is 1. The number of rotatable bonds is 7. The number of hydrogen-bond donors (Lipinski definition) is 2. The number of amides is 1. The van der Waals surface area contributed by atoms with Crippen LogP contribution in [-0.4, -0.2) is 34.5 Å². The number of primary sulfonamides is 1. The molecule has 2 aromatic rings. The monoisotopic (exact) mass is 347 g/mol. The lowest BCUT2D eigenvalue weighted by Gasteiger charge is -2.17. The van der Waals surface area contributed by atoms with Gasteiger partial charge in [-0.2, -0.15) is 0 Å². The van der Waals surface area contributed by atoms with E-state index in [1.807, 2.05) is 30.3 Å². The first-order valence-electron chi connectivity index (χ1n) is 7.52. The number of hydrogen-bond acceptors (Lipinski definition) is 4. The summed E-state index contributed by atoms with van der Waals surface area (Å²) in [6.07, 6.45) is 0.688. The van der Waals surface area contributed by atoms with Crippen LogP contribution < -0.4 is 15.4 Å². The topological polar surface area (TPSA) is 92.5 Å². The van der Waals surface area contributed by atoms with E-state index in [0.29, 0.717) is 13.0 Å². The zero-order valence-corrected chi connectivity index (χ0v) is 14.3. The molecule has 1 amide bonds. The molecule has 0 atom stereocenters. The van der Waals surface area contributed by atoms with Crippen LogP contribution in [0.25, 0.3) is 0 Å². The zero-order valence-electron chi connectivity index (χ0n) is 13.5. The van der Waals surface area contributed by atoms with Gasteiger partial charge in [-0.1, -0.05) is 30.3 Å². The number of benzene rings is 2. The van der Waals surface area contributed by atoms with Crippen molar-refractivity contribution in [1.82, 2.24) is 5.32 Å². The number of anilines is 1. The van der Waals surface area contributed by atoms with E-state index in [1.165, 1.54) is 12.1 Å². The van der Waals surface area contributed by atoms with E-state index in [2.05, 4.69) is 5.32 Å². The molecular weight excluding hydrogens is 326 g/mol. The SMILES string of the molecule is CN(C(=O)CNCCc1ccc(S(N)(=O)=O)cc1)c1ccccc1. The Bertz CT molecular complexity index is 774. The van der Waals surface area contributed by atoms with Gasteiger partial charge < -0.3 is 10.2 Å². The summed E-state index contributed by atoms with van der Waals surface area (Å²) in [5.74, 6) is -0.0224. The fraction of sp³-hybridized carbons (Fsp3) is 0.235. The molecule has 0 saturated heterocycles. The van der Waals surface area contributed by atoms with Crippen LogP contribution in [0, 0.1) is 0 Å². The Morgan fingerprint density at radius 3 is 2.29 bits per heavy atom. The summed E-state index contributed by atoms with van der Waals surface area (Å²) in [6.45, 7) is 0.851. The van der Waals surface area contributed by atoms with Gasteiger partial charge in [0.25, 0.3) is 0 Å². The molecule has 0 aliphatic heterocycles. The van der Waals surface area contributed by atoms with Gasteiger partial charge in [0, 0.05) is 12.7 Å². The van der Waals surface area contributed by atoms with Crippen molar-refractivity contribution in [2.75, 3.05) is 25.0 Å². The van der Waals surface area contributed by atoms with Crippen molar-refractivity contribution in [3.8, 4) is 0 Å². The number of carbonyl (C=O) groups is 1. The van der Waals surface area contributed by atoms with Crippen molar-refractivity contribution >= 4 is 21.6 Å². The standard InChI is InChI=1S/C17H21N3O3S/c1-20(15-5-3-2-4-6-15)17(21)13-19-12-11-14-7-9-16(10-8-14)24(18,22)23/h2-10,19H,11-13H2,1H3,(H2,18,22,23). The Morgan fingerprint density at radius 1 is 1.08 bits per heavy atom. The van der Waals surface area contributed by atoms with Gasteiger partial charge in [0.15, 0.2) is 0 Å². The summed E-state index contributed by atoms with van der Waals surface area (Å²) in [6, 6.07) is 15.9. The Labute approximate surface area is 142 Å². The number of likely N-dealkylation sites (N-methyl/N-ethyl adjacent to an activating group) is 1. The van der Waals surface area contributed by atoms with Crippen LogP contribution in [-0.2, 0) is 21.2 Å². The Morgan fingerprint density at radius 2 is 1.71 bits per heavy atom. The fourth-order valence-electron chi connectivity index (χ4n) is 2.19. The third kappa shape index (κ3) is 5.16. The van der Waals surface area contributed by atoms with Crippen LogP contribution in [0.2, 0.25) is 0 Å². The molecule has 0 aliphatic rings. The maximum Gasteiger partial charge on any atom is 0.240 e. The lowest BCUT2D eigenvalue weighted by atomic mass is 10.1. The predicted octanol–water partition coefficient (Wildman–Crippen LogP) is 1.13. The van der Waals surface area contributed by atoms with Gasteiger partial charge in [-0.25, -0.2) is 13.6 Å². The minimum Gasteiger partial charge on any atom is -0.314 e. The molecule has 0 heterocycles. The highest BCUT2D eigenvalue weighted by Crippen LogP contribution is 2.11. The molecule has 0 saturated carbocycles. The van der Waals surface area contributed by atoms with Gasteiger partial charge >= 0.3 is 0 Å². The normalized spacial score (nSPS) is 11.2. The highest BCUT2D eigenvalue weighted by atomic mass is 32.2. The van der Waals surface area contributed by atoms with E-state index in [9.17, 15) is 13.2 Å². The first kappa shape index (κ1) is 18.1. The van der Waals surface area contributed by atoms with Crippen molar-refractivity contribution in [3.05, 3.63) is 60.2 Å². The number of carbonyl (C=O) groups excluding carboxylic acids is 1. The molecule has 0 spiro atoms. The van der Waals surface area contributed by atoms with Gasteiger partial charge in [0.1, 0.15) is 0 Å². The van der Waals surface area contributed by atoms with Crippen LogP contribution in [0.3, 0.4) is 0 Å². The van der Waals surface area contributed by atoms with E-state index in [0.717, 1.165) is 11.3 Å². The molecule has 3 N–H and O–H groups in total. The summed E-state index contributed by atoms with van der Waals surface area (Å²) in [5.41, 5.74) is 1.82. The summed E-state index contributed by atoms with van der Waals surface area (Å²) >= 11 is 0. The maximum absolute atomic E-state index is 12.1. The van der Waals surface area contributed by atoms with Crippen molar-refractivity contribution in [1.29, 1.82) is 0 Å². The van der Waals surface area contributed by atoms with Crippen LogP contribution in [0.4, 0.5) is 5.69 Å². The first-order valence-corrected chi connectivity index (χ1v) is 9.06. The smallest absolute Gasteiger partial charge is 0.240 e. The van der Waals surface area contributed by atoms with Crippen LogP contribution >= 0.6 is 0 Å².